The number of aromatic nitrogens is 1. The van der Waals surface area contributed by atoms with E-state index in [1.807, 2.05) is 4.72 Å². The van der Waals surface area contributed by atoms with Crippen LogP contribution in [0.2, 0.25) is 0 Å². The summed E-state index contributed by atoms with van der Waals surface area (Å²) >= 11 is 0. The Balaban J connectivity index is 1.93. The SMILES string of the molecule is COC(=O)Oc1ccc(C(=O)NS(=O)(=O)CCc2ccc(OC)cc2)cn1. The van der Waals surface area contributed by atoms with E-state index in [1.54, 1.807) is 24.3 Å². The second-order valence-electron chi connectivity index (χ2n) is 5.29. The van der Waals surface area contributed by atoms with Crippen molar-refractivity contribution in [3.8, 4) is 11.6 Å². The van der Waals surface area contributed by atoms with Gasteiger partial charge in [-0.25, -0.2) is 22.9 Å². The van der Waals surface area contributed by atoms with E-state index in [2.05, 4.69) is 14.5 Å². The molecule has 9 nitrogen and oxygen atoms in total. The number of nitrogens with one attached hydrogen (secondary N) is 1. The predicted octanol–water partition coefficient (Wildman–Crippen LogP) is 1.54. The van der Waals surface area contributed by atoms with E-state index < -0.39 is 22.1 Å². The van der Waals surface area contributed by atoms with Crippen LogP contribution in [0.25, 0.3) is 0 Å². The van der Waals surface area contributed by atoms with Crippen molar-refractivity contribution in [2.24, 2.45) is 0 Å². The Kier molecular flexibility index (Phi) is 6.72. The number of rotatable bonds is 7. The Bertz CT molecular complexity index is 894. The maximum absolute atomic E-state index is 12.1. The van der Waals surface area contributed by atoms with E-state index in [-0.39, 0.29) is 23.6 Å². The molecular weight excluding hydrogens is 376 g/mol. The van der Waals surface area contributed by atoms with E-state index >= 15 is 0 Å². The first-order valence-electron chi connectivity index (χ1n) is 7.72. The second kappa shape index (κ2) is 8.99. The van der Waals surface area contributed by atoms with Gasteiger partial charge in [-0.05, 0) is 30.2 Å². The van der Waals surface area contributed by atoms with Crippen LogP contribution in [0, 0.1) is 0 Å². The maximum atomic E-state index is 12.1. The van der Waals surface area contributed by atoms with Crippen molar-refractivity contribution in [1.29, 1.82) is 0 Å². The lowest BCUT2D eigenvalue weighted by molar-refractivity contribution is 0.0981. The zero-order valence-corrected chi connectivity index (χ0v) is 15.5. The van der Waals surface area contributed by atoms with Crippen molar-refractivity contribution in [3.05, 3.63) is 53.7 Å². The molecule has 1 heterocycles. The Labute approximate surface area is 156 Å². The third kappa shape index (κ3) is 6.26. The molecule has 0 radical (unpaired) electrons. The first kappa shape index (κ1) is 20.2. The molecule has 1 aromatic carbocycles. The molecule has 2 rings (SSSR count). The molecule has 0 aliphatic heterocycles. The largest absolute Gasteiger partial charge is 0.514 e. The summed E-state index contributed by atoms with van der Waals surface area (Å²) in [5, 5.41) is 0. The molecule has 0 aliphatic carbocycles. The summed E-state index contributed by atoms with van der Waals surface area (Å²) in [6, 6.07) is 9.48. The maximum Gasteiger partial charge on any atom is 0.514 e. The number of methoxy groups -OCH3 is 2. The van der Waals surface area contributed by atoms with E-state index in [4.69, 9.17) is 4.74 Å². The first-order valence-corrected chi connectivity index (χ1v) is 9.38. The van der Waals surface area contributed by atoms with Crippen LogP contribution in [-0.2, 0) is 21.2 Å². The fraction of sp³-hybridized carbons (Fsp3) is 0.235. The number of aryl methyl sites for hydroxylation is 1. The van der Waals surface area contributed by atoms with E-state index in [0.29, 0.717) is 5.75 Å². The number of nitrogens with zero attached hydrogens (tertiary/aromatic N) is 1. The molecule has 2 aromatic rings. The quantitative estimate of drug-likeness (QED) is 0.702. The first-order chi connectivity index (χ1) is 12.8. The van der Waals surface area contributed by atoms with Crippen LogP contribution in [0.15, 0.2) is 42.6 Å². The second-order valence-corrected chi connectivity index (χ2v) is 7.13. The molecule has 1 N–H and O–H groups in total. The number of pyridine rings is 1. The standard InChI is InChI=1S/C17H18N2O7S/c1-24-14-6-3-12(4-7-14)9-10-27(22,23)19-16(20)13-5-8-15(18-11-13)26-17(21)25-2/h3-8,11H,9-10H2,1-2H3,(H,19,20). The van der Waals surface area contributed by atoms with Gasteiger partial charge in [-0.3, -0.25) is 4.79 Å². The summed E-state index contributed by atoms with van der Waals surface area (Å²) in [6.07, 6.45) is 0.365. The molecule has 27 heavy (non-hydrogen) atoms. The van der Waals surface area contributed by atoms with Gasteiger partial charge in [-0.2, -0.15) is 0 Å². The summed E-state index contributed by atoms with van der Waals surface area (Å²) < 4.78 is 40.2. The minimum Gasteiger partial charge on any atom is -0.497 e. The Morgan fingerprint density at radius 3 is 2.33 bits per heavy atom. The Morgan fingerprint density at radius 2 is 1.78 bits per heavy atom. The van der Waals surface area contributed by atoms with Gasteiger partial charge in [0.15, 0.2) is 0 Å². The lowest BCUT2D eigenvalue weighted by Crippen LogP contribution is -2.33. The van der Waals surface area contributed by atoms with Gasteiger partial charge in [-0.1, -0.05) is 12.1 Å². The molecule has 10 heteroatoms. The minimum absolute atomic E-state index is 0.000221. The fourth-order valence-corrected chi connectivity index (χ4v) is 3.00. The lowest BCUT2D eigenvalue weighted by Gasteiger charge is -2.08. The van der Waals surface area contributed by atoms with Crippen molar-refractivity contribution >= 4 is 22.1 Å². The van der Waals surface area contributed by atoms with Crippen LogP contribution in [0.4, 0.5) is 4.79 Å². The predicted molar refractivity (Wildman–Crippen MR) is 95.2 cm³/mol. The van der Waals surface area contributed by atoms with Gasteiger partial charge >= 0.3 is 6.16 Å². The van der Waals surface area contributed by atoms with Gasteiger partial charge < -0.3 is 14.2 Å². The molecule has 0 bridgehead atoms. The third-order valence-corrected chi connectivity index (χ3v) is 4.66. The highest BCUT2D eigenvalue weighted by Gasteiger charge is 2.17. The van der Waals surface area contributed by atoms with Crippen molar-refractivity contribution < 1.29 is 32.2 Å². The Morgan fingerprint density at radius 1 is 1.07 bits per heavy atom. The smallest absolute Gasteiger partial charge is 0.497 e. The summed E-state index contributed by atoms with van der Waals surface area (Å²) in [4.78, 5) is 26.8. The summed E-state index contributed by atoms with van der Waals surface area (Å²) in [6.45, 7) is 0. The zero-order valence-electron chi connectivity index (χ0n) is 14.7. The van der Waals surface area contributed by atoms with Gasteiger partial charge in [0.2, 0.25) is 15.9 Å². The molecule has 0 atom stereocenters. The number of hydrogen-bond donors (Lipinski definition) is 1. The number of carbonyl (C=O) groups is 2. The number of sulfonamides is 1. The third-order valence-electron chi connectivity index (χ3n) is 3.42. The van der Waals surface area contributed by atoms with E-state index in [1.165, 1.54) is 19.2 Å². The highest BCUT2D eigenvalue weighted by molar-refractivity contribution is 7.90. The average molecular weight is 394 g/mol. The number of ether oxygens (including phenoxy) is 3. The van der Waals surface area contributed by atoms with Gasteiger partial charge in [-0.15, -0.1) is 0 Å². The van der Waals surface area contributed by atoms with E-state index in [0.717, 1.165) is 18.9 Å². The number of hydrogen-bond acceptors (Lipinski definition) is 8. The van der Waals surface area contributed by atoms with Crippen LogP contribution in [0.5, 0.6) is 11.6 Å². The van der Waals surface area contributed by atoms with Gasteiger partial charge in [0.05, 0.1) is 25.5 Å². The summed E-state index contributed by atoms with van der Waals surface area (Å²) in [7, 11) is -1.16. The van der Waals surface area contributed by atoms with E-state index in [9.17, 15) is 18.0 Å². The van der Waals surface area contributed by atoms with Crippen molar-refractivity contribution in [2.75, 3.05) is 20.0 Å². The molecule has 0 fully saturated rings. The van der Waals surface area contributed by atoms with Crippen LogP contribution < -0.4 is 14.2 Å². The molecule has 0 aliphatic rings. The van der Waals surface area contributed by atoms with Crippen molar-refractivity contribution in [3.63, 3.8) is 0 Å². The molecule has 0 saturated carbocycles. The molecule has 0 unspecified atom stereocenters. The number of amides is 1. The van der Waals surface area contributed by atoms with Crippen LogP contribution in [0.3, 0.4) is 0 Å². The molecule has 1 amide bonds. The fourth-order valence-electron chi connectivity index (χ4n) is 2.00. The minimum atomic E-state index is -3.84. The molecular formula is C17H18N2O7S. The van der Waals surface area contributed by atoms with Gasteiger partial charge in [0.1, 0.15) is 5.75 Å². The number of benzene rings is 1. The highest BCUT2D eigenvalue weighted by Crippen LogP contribution is 2.12. The van der Waals surface area contributed by atoms with Crippen molar-refractivity contribution in [1.82, 2.24) is 9.71 Å². The normalized spacial score (nSPS) is 10.7. The molecule has 0 saturated heterocycles. The number of carbonyl (C=O) groups excluding carboxylic acids is 2. The van der Waals surface area contributed by atoms with Crippen LogP contribution >= 0.6 is 0 Å². The topological polar surface area (TPSA) is 121 Å². The Hall–Kier alpha value is -3.14. The summed E-state index contributed by atoms with van der Waals surface area (Å²) in [5.41, 5.74) is 0.792. The molecule has 1 aromatic heterocycles. The van der Waals surface area contributed by atoms with Gasteiger partial charge in [0, 0.05) is 12.3 Å². The molecule has 144 valence electrons. The average Bonchev–Trinajstić information content (AvgIpc) is 2.67. The monoisotopic (exact) mass is 394 g/mol. The van der Waals surface area contributed by atoms with Crippen LogP contribution in [0.1, 0.15) is 15.9 Å². The van der Waals surface area contributed by atoms with Gasteiger partial charge in [0.25, 0.3) is 5.91 Å². The molecule has 0 spiro atoms. The van der Waals surface area contributed by atoms with Crippen molar-refractivity contribution in [2.45, 2.75) is 6.42 Å². The summed E-state index contributed by atoms with van der Waals surface area (Å²) in [5.74, 6) is -0.508. The lowest BCUT2D eigenvalue weighted by atomic mass is 10.2. The van der Waals surface area contributed by atoms with Crippen LogP contribution in [-0.4, -0.2) is 45.4 Å². The zero-order chi connectivity index (χ0) is 19.9. The highest BCUT2D eigenvalue weighted by atomic mass is 32.2.